The van der Waals surface area contributed by atoms with Gasteiger partial charge in [0.2, 0.25) is 5.91 Å². The highest BCUT2D eigenvalue weighted by Crippen LogP contribution is 2.47. The van der Waals surface area contributed by atoms with E-state index in [1.165, 1.54) is 22.9 Å². The summed E-state index contributed by atoms with van der Waals surface area (Å²) in [6, 6.07) is 7.49. The number of primary amides is 2. The lowest BCUT2D eigenvalue weighted by molar-refractivity contribution is -0.114. The summed E-state index contributed by atoms with van der Waals surface area (Å²) >= 11 is 1.37. The monoisotopic (exact) mass is 301 g/mol. The van der Waals surface area contributed by atoms with E-state index in [1.54, 1.807) is 0 Å². The first-order chi connectivity index (χ1) is 10.1. The first-order valence-electron chi connectivity index (χ1n) is 6.64. The Morgan fingerprint density at radius 3 is 2.62 bits per heavy atom. The SMILES string of the molecule is NC(=O)NC1=C(C(N)=O)CC2=C(S1)c1ccccc1CC2. The molecular weight excluding hydrogens is 286 g/mol. The van der Waals surface area contributed by atoms with Crippen LogP contribution in [-0.2, 0) is 11.2 Å². The summed E-state index contributed by atoms with van der Waals surface area (Å²) in [5, 5.41) is 2.97. The number of urea groups is 1. The number of nitrogens with one attached hydrogen (secondary N) is 1. The molecule has 0 bridgehead atoms. The Balaban J connectivity index is 2.02. The van der Waals surface area contributed by atoms with Crippen molar-refractivity contribution in [1.29, 1.82) is 0 Å². The summed E-state index contributed by atoms with van der Waals surface area (Å²) in [4.78, 5) is 23.8. The zero-order valence-corrected chi connectivity index (χ0v) is 12.1. The van der Waals surface area contributed by atoms with Crippen molar-refractivity contribution in [3.63, 3.8) is 0 Å². The van der Waals surface area contributed by atoms with E-state index >= 15 is 0 Å². The number of carbonyl (C=O) groups excluding carboxylic acids is 2. The van der Waals surface area contributed by atoms with E-state index in [0.29, 0.717) is 17.0 Å². The Morgan fingerprint density at radius 1 is 1.14 bits per heavy atom. The lowest BCUT2D eigenvalue weighted by atomic mass is 9.88. The molecule has 1 aromatic carbocycles. The number of thioether (sulfide) groups is 1. The molecule has 0 aromatic heterocycles. The molecule has 0 fully saturated rings. The van der Waals surface area contributed by atoms with Crippen LogP contribution in [0.1, 0.15) is 24.0 Å². The van der Waals surface area contributed by atoms with Crippen LogP contribution in [0.15, 0.2) is 40.4 Å². The zero-order valence-electron chi connectivity index (χ0n) is 11.3. The van der Waals surface area contributed by atoms with Gasteiger partial charge in [-0.05, 0) is 24.0 Å². The fourth-order valence-electron chi connectivity index (χ4n) is 2.71. The fourth-order valence-corrected chi connectivity index (χ4v) is 3.99. The molecular formula is C15H15N3O2S. The molecule has 1 aromatic rings. The quantitative estimate of drug-likeness (QED) is 0.777. The summed E-state index contributed by atoms with van der Waals surface area (Å²) in [7, 11) is 0. The molecule has 3 rings (SSSR count). The Labute approximate surface area is 126 Å². The Hall–Kier alpha value is -2.21. The highest BCUT2D eigenvalue weighted by molar-refractivity contribution is 8.11. The summed E-state index contributed by atoms with van der Waals surface area (Å²) in [6.45, 7) is 0. The van der Waals surface area contributed by atoms with Crippen LogP contribution in [0.5, 0.6) is 0 Å². The molecule has 0 unspecified atom stereocenters. The van der Waals surface area contributed by atoms with E-state index in [9.17, 15) is 9.59 Å². The number of carbonyl (C=O) groups is 2. The minimum Gasteiger partial charge on any atom is -0.366 e. The molecule has 108 valence electrons. The summed E-state index contributed by atoms with van der Waals surface area (Å²) in [5.74, 6) is -0.517. The second-order valence-electron chi connectivity index (χ2n) is 5.03. The molecule has 0 saturated carbocycles. The van der Waals surface area contributed by atoms with E-state index in [2.05, 4.69) is 17.4 Å². The van der Waals surface area contributed by atoms with Gasteiger partial charge in [0.1, 0.15) is 0 Å². The highest BCUT2D eigenvalue weighted by Gasteiger charge is 2.29. The summed E-state index contributed by atoms with van der Waals surface area (Å²) < 4.78 is 0. The van der Waals surface area contributed by atoms with Crippen LogP contribution in [0.3, 0.4) is 0 Å². The maximum absolute atomic E-state index is 11.6. The molecule has 0 radical (unpaired) electrons. The van der Waals surface area contributed by atoms with E-state index in [1.807, 2.05) is 12.1 Å². The number of nitrogens with two attached hydrogens (primary N) is 2. The molecule has 0 saturated heterocycles. The predicted octanol–water partition coefficient (Wildman–Crippen LogP) is 1.85. The van der Waals surface area contributed by atoms with E-state index in [-0.39, 0.29) is 0 Å². The van der Waals surface area contributed by atoms with Gasteiger partial charge in [-0.15, -0.1) is 0 Å². The standard InChI is InChI=1S/C15H15N3O2S/c16-13(19)11-7-9-6-5-8-3-1-2-4-10(8)12(9)21-14(11)18-15(17)20/h1-4H,5-7H2,(H2,16,19)(H3,17,18,20). The summed E-state index contributed by atoms with van der Waals surface area (Å²) in [6.07, 6.45) is 2.34. The average Bonchev–Trinajstić information content (AvgIpc) is 2.45. The number of hydrogen-bond acceptors (Lipinski definition) is 3. The molecule has 5 nitrogen and oxygen atoms in total. The smallest absolute Gasteiger partial charge is 0.317 e. The van der Waals surface area contributed by atoms with Gasteiger partial charge in [0.25, 0.3) is 0 Å². The van der Waals surface area contributed by atoms with Gasteiger partial charge >= 0.3 is 6.03 Å². The third kappa shape index (κ3) is 2.54. The Bertz CT molecular complexity index is 707. The first-order valence-corrected chi connectivity index (χ1v) is 7.45. The second-order valence-corrected chi connectivity index (χ2v) is 6.05. The molecule has 3 amide bonds. The third-order valence-electron chi connectivity index (χ3n) is 3.68. The number of benzene rings is 1. The molecule has 0 spiro atoms. The van der Waals surface area contributed by atoms with Crippen LogP contribution in [0.4, 0.5) is 4.79 Å². The van der Waals surface area contributed by atoms with Crippen LogP contribution >= 0.6 is 11.8 Å². The molecule has 1 heterocycles. The molecule has 6 heteroatoms. The second kappa shape index (κ2) is 5.29. The number of allylic oxidation sites excluding steroid dienone is 1. The normalized spacial score (nSPS) is 17.1. The number of amides is 3. The lowest BCUT2D eigenvalue weighted by Crippen LogP contribution is -2.32. The highest BCUT2D eigenvalue weighted by atomic mass is 32.2. The van der Waals surface area contributed by atoms with E-state index < -0.39 is 11.9 Å². The maximum Gasteiger partial charge on any atom is 0.317 e. The molecule has 5 N–H and O–H groups in total. The van der Waals surface area contributed by atoms with Gasteiger partial charge in [-0.3, -0.25) is 4.79 Å². The van der Waals surface area contributed by atoms with Gasteiger partial charge in [0.05, 0.1) is 10.6 Å². The van der Waals surface area contributed by atoms with Gasteiger partial charge in [-0.25, -0.2) is 4.79 Å². The van der Waals surface area contributed by atoms with Crippen molar-refractivity contribution in [3.05, 3.63) is 51.6 Å². The molecule has 21 heavy (non-hydrogen) atoms. The summed E-state index contributed by atoms with van der Waals surface area (Å²) in [5.41, 5.74) is 14.7. The molecule has 1 aliphatic carbocycles. The van der Waals surface area contributed by atoms with Gasteiger partial charge in [0, 0.05) is 11.3 Å². The van der Waals surface area contributed by atoms with Gasteiger partial charge in [0.15, 0.2) is 0 Å². The van der Waals surface area contributed by atoms with E-state index in [0.717, 1.165) is 23.3 Å². The van der Waals surface area contributed by atoms with Crippen molar-refractivity contribution in [2.24, 2.45) is 11.5 Å². The Morgan fingerprint density at radius 2 is 1.90 bits per heavy atom. The average molecular weight is 301 g/mol. The number of rotatable bonds is 2. The van der Waals surface area contributed by atoms with Crippen LogP contribution in [0.2, 0.25) is 0 Å². The lowest BCUT2D eigenvalue weighted by Gasteiger charge is -2.28. The van der Waals surface area contributed by atoms with E-state index in [4.69, 9.17) is 11.5 Å². The number of hydrogen-bond donors (Lipinski definition) is 3. The van der Waals surface area contributed by atoms with Crippen LogP contribution in [0, 0.1) is 0 Å². The largest absolute Gasteiger partial charge is 0.366 e. The maximum atomic E-state index is 11.6. The van der Waals surface area contributed by atoms with Gasteiger partial charge < -0.3 is 16.8 Å². The van der Waals surface area contributed by atoms with Crippen molar-refractivity contribution in [2.45, 2.75) is 19.3 Å². The van der Waals surface area contributed by atoms with Crippen molar-refractivity contribution in [2.75, 3.05) is 0 Å². The minimum atomic E-state index is -0.690. The topological polar surface area (TPSA) is 98.2 Å². The van der Waals surface area contributed by atoms with Crippen LogP contribution in [0.25, 0.3) is 4.91 Å². The molecule has 1 aliphatic heterocycles. The van der Waals surface area contributed by atoms with Crippen molar-refractivity contribution < 1.29 is 9.59 Å². The predicted molar refractivity (Wildman–Crippen MR) is 82.8 cm³/mol. The van der Waals surface area contributed by atoms with Gasteiger partial charge in [-0.1, -0.05) is 41.6 Å². The van der Waals surface area contributed by atoms with Crippen LogP contribution in [-0.4, -0.2) is 11.9 Å². The van der Waals surface area contributed by atoms with Crippen molar-refractivity contribution >= 4 is 28.6 Å². The minimum absolute atomic E-state index is 0.428. The number of fused-ring (bicyclic) bond motifs is 2. The first kappa shape index (κ1) is 13.8. The van der Waals surface area contributed by atoms with Crippen molar-refractivity contribution in [1.82, 2.24) is 5.32 Å². The Kier molecular flexibility index (Phi) is 3.47. The zero-order chi connectivity index (χ0) is 15.0. The fraction of sp³-hybridized carbons (Fsp3) is 0.200. The number of aryl methyl sites for hydroxylation is 1. The third-order valence-corrected chi connectivity index (χ3v) is 4.95. The van der Waals surface area contributed by atoms with Crippen LogP contribution < -0.4 is 16.8 Å². The molecule has 2 aliphatic rings. The van der Waals surface area contributed by atoms with Gasteiger partial charge in [-0.2, -0.15) is 0 Å². The van der Waals surface area contributed by atoms with Crippen molar-refractivity contribution in [3.8, 4) is 0 Å². The molecule has 0 atom stereocenters.